The first kappa shape index (κ1) is 12.5. The number of aromatic nitrogens is 1. The number of pyridine rings is 1. The first-order valence-corrected chi connectivity index (χ1v) is 4.59. The van der Waals surface area contributed by atoms with Gasteiger partial charge in [0.05, 0.1) is 6.61 Å². The summed E-state index contributed by atoms with van der Waals surface area (Å²) in [6.07, 6.45) is -2.10. The van der Waals surface area contributed by atoms with Crippen LogP contribution in [0.3, 0.4) is 0 Å². The Morgan fingerprint density at radius 1 is 1.56 bits per heavy atom. The van der Waals surface area contributed by atoms with Gasteiger partial charge in [0, 0.05) is 11.8 Å². The maximum atomic E-state index is 13.5. The fourth-order valence-electron chi connectivity index (χ4n) is 1.17. The highest BCUT2D eigenvalue weighted by Crippen LogP contribution is 2.23. The van der Waals surface area contributed by atoms with E-state index in [-0.39, 0.29) is 12.2 Å². The van der Waals surface area contributed by atoms with Gasteiger partial charge >= 0.3 is 5.97 Å². The van der Waals surface area contributed by atoms with Crippen LogP contribution in [0, 0.1) is 12.7 Å². The molecule has 88 valence electrons. The Kier molecular flexibility index (Phi) is 3.87. The average molecular weight is 233 g/mol. The zero-order chi connectivity index (χ0) is 12.3. The monoisotopic (exact) mass is 233 g/mol. The highest BCUT2D eigenvalue weighted by molar-refractivity contribution is 5.89. The summed E-state index contributed by atoms with van der Waals surface area (Å²) in [6, 6.07) is 0. The number of halogens is 3. The van der Waals surface area contributed by atoms with E-state index in [4.69, 9.17) is 0 Å². The Bertz CT molecular complexity index is 407. The van der Waals surface area contributed by atoms with E-state index in [1.54, 1.807) is 6.92 Å². The van der Waals surface area contributed by atoms with Crippen molar-refractivity contribution in [3.8, 4) is 0 Å². The topological polar surface area (TPSA) is 39.2 Å². The molecule has 0 aliphatic carbocycles. The van der Waals surface area contributed by atoms with Gasteiger partial charge in [-0.15, -0.1) is 0 Å². The summed E-state index contributed by atoms with van der Waals surface area (Å²) in [7, 11) is 0. The van der Waals surface area contributed by atoms with Crippen LogP contribution in [0.4, 0.5) is 13.2 Å². The largest absolute Gasteiger partial charge is 0.462 e. The SMILES string of the molecule is CCOC(=O)c1cnc(C(F)F)c(C)c1F. The van der Waals surface area contributed by atoms with Gasteiger partial charge in [-0.1, -0.05) is 0 Å². The molecule has 0 aliphatic rings. The van der Waals surface area contributed by atoms with E-state index in [9.17, 15) is 18.0 Å². The predicted molar refractivity (Wildman–Crippen MR) is 49.8 cm³/mol. The van der Waals surface area contributed by atoms with Crippen LogP contribution >= 0.6 is 0 Å². The number of hydrogen-bond donors (Lipinski definition) is 0. The van der Waals surface area contributed by atoms with E-state index in [2.05, 4.69) is 9.72 Å². The Balaban J connectivity index is 3.16. The molecule has 1 heterocycles. The molecule has 1 aromatic rings. The molecule has 3 nitrogen and oxygen atoms in total. The molecule has 0 amide bonds. The minimum absolute atomic E-state index is 0.0773. The second kappa shape index (κ2) is 4.96. The van der Waals surface area contributed by atoms with Gasteiger partial charge in [0.2, 0.25) is 0 Å². The van der Waals surface area contributed by atoms with Crippen molar-refractivity contribution in [1.82, 2.24) is 4.98 Å². The minimum Gasteiger partial charge on any atom is -0.462 e. The maximum Gasteiger partial charge on any atom is 0.342 e. The molecule has 1 rings (SSSR count). The van der Waals surface area contributed by atoms with Crippen molar-refractivity contribution < 1.29 is 22.7 Å². The van der Waals surface area contributed by atoms with Crippen molar-refractivity contribution in [2.45, 2.75) is 20.3 Å². The molecule has 16 heavy (non-hydrogen) atoms. The lowest BCUT2D eigenvalue weighted by Crippen LogP contribution is -2.11. The average Bonchev–Trinajstić information content (AvgIpc) is 2.21. The normalized spacial score (nSPS) is 10.6. The van der Waals surface area contributed by atoms with Crippen LogP contribution in [0.15, 0.2) is 6.20 Å². The van der Waals surface area contributed by atoms with Gasteiger partial charge < -0.3 is 4.74 Å². The summed E-state index contributed by atoms with van der Waals surface area (Å²) in [4.78, 5) is 14.6. The lowest BCUT2D eigenvalue weighted by molar-refractivity contribution is 0.0519. The summed E-state index contributed by atoms with van der Waals surface area (Å²) in [6.45, 7) is 2.78. The third-order valence-electron chi connectivity index (χ3n) is 1.98. The minimum atomic E-state index is -2.87. The number of carbonyl (C=O) groups excluding carboxylic acids is 1. The highest BCUT2D eigenvalue weighted by Gasteiger charge is 2.21. The Hall–Kier alpha value is -1.59. The maximum absolute atomic E-state index is 13.5. The lowest BCUT2D eigenvalue weighted by atomic mass is 10.1. The fraction of sp³-hybridized carbons (Fsp3) is 0.400. The van der Waals surface area contributed by atoms with Crippen LogP contribution in [-0.4, -0.2) is 17.6 Å². The van der Waals surface area contributed by atoms with Crippen LogP contribution in [0.1, 0.15) is 35.0 Å². The van der Waals surface area contributed by atoms with Crippen molar-refractivity contribution in [1.29, 1.82) is 0 Å². The summed E-state index contributed by atoms with van der Waals surface area (Å²) in [5.74, 6) is -1.92. The van der Waals surface area contributed by atoms with Crippen LogP contribution < -0.4 is 0 Å². The molecule has 0 saturated carbocycles. The molecule has 0 spiro atoms. The standard InChI is InChI=1S/C10H10F3NO2/c1-3-16-10(15)6-4-14-8(9(12)13)5(2)7(6)11/h4,9H,3H2,1-2H3. The molecule has 0 radical (unpaired) electrons. The van der Waals surface area contributed by atoms with Crippen molar-refractivity contribution in [2.75, 3.05) is 6.61 Å². The fourth-order valence-corrected chi connectivity index (χ4v) is 1.17. The Morgan fingerprint density at radius 3 is 2.69 bits per heavy atom. The molecular formula is C10H10F3NO2. The summed E-state index contributed by atoms with van der Waals surface area (Å²) in [5, 5.41) is 0. The zero-order valence-electron chi connectivity index (χ0n) is 8.76. The number of carbonyl (C=O) groups is 1. The van der Waals surface area contributed by atoms with E-state index in [0.717, 1.165) is 13.1 Å². The Labute approximate surface area is 90.2 Å². The number of hydrogen-bond acceptors (Lipinski definition) is 3. The van der Waals surface area contributed by atoms with Crippen LogP contribution in [0.2, 0.25) is 0 Å². The number of nitrogens with zero attached hydrogens (tertiary/aromatic N) is 1. The molecule has 0 aromatic carbocycles. The van der Waals surface area contributed by atoms with Gasteiger partial charge in [0.25, 0.3) is 6.43 Å². The van der Waals surface area contributed by atoms with Crippen LogP contribution in [0.5, 0.6) is 0 Å². The van der Waals surface area contributed by atoms with Gasteiger partial charge in [-0.3, -0.25) is 4.98 Å². The highest BCUT2D eigenvalue weighted by atomic mass is 19.3. The smallest absolute Gasteiger partial charge is 0.342 e. The molecule has 0 N–H and O–H groups in total. The summed E-state index contributed by atoms with van der Waals surface area (Å²) < 4.78 is 42.8. The Morgan fingerprint density at radius 2 is 2.19 bits per heavy atom. The van der Waals surface area contributed by atoms with E-state index >= 15 is 0 Å². The molecule has 0 saturated heterocycles. The number of ether oxygens (including phenoxy) is 1. The van der Waals surface area contributed by atoms with Gasteiger partial charge in [0.15, 0.2) is 0 Å². The van der Waals surface area contributed by atoms with Crippen molar-refractivity contribution >= 4 is 5.97 Å². The molecular weight excluding hydrogens is 223 g/mol. The second-order valence-corrected chi connectivity index (χ2v) is 3.02. The first-order chi connectivity index (χ1) is 7.49. The van der Waals surface area contributed by atoms with Crippen molar-refractivity contribution in [2.24, 2.45) is 0 Å². The third kappa shape index (κ3) is 2.32. The van der Waals surface area contributed by atoms with Gasteiger partial charge in [-0.05, 0) is 13.8 Å². The zero-order valence-corrected chi connectivity index (χ0v) is 8.76. The van der Waals surface area contributed by atoms with Crippen molar-refractivity contribution in [3.63, 3.8) is 0 Å². The van der Waals surface area contributed by atoms with Crippen LogP contribution in [0.25, 0.3) is 0 Å². The van der Waals surface area contributed by atoms with E-state index in [1.807, 2.05) is 0 Å². The summed E-state index contributed by atoms with van der Waals surface area (Å²) in [5.41, 5.74) is -1.42. The lowest BCUT2D eigenvalue weighted by Gasteiger charge is -2.08. The van der Waals surface area contributed by atoms with E-state index < -0.39 is 29.5 Å². The third-order valence-corrected chi connectivity index (χ3v) is 1.98. The van der Waals surface area contributed by atoms with Gasteiger partial charge in [-0.2, -0.15) is 0 Å². The van der Waals surface area contributed by atoms with Gasteiger partial charge in [-0.25, -0.2) is 18.0 Å². The second-order valence-electron chi connectivity index (χ2n) is 3.02. The number of alkyl halides is 2. The quantitative estimate of drug-likeness (QED) is 0.753. The molecule has 6 heteroatoms. The van der Waals surface area contributed by atoms with Crippen molar-refractivity contribution in [3.05, 3.63) is 28.8 Å². The molecule has 1 aromatic heterocycles. The van der Waals surface area contributed by atoms with E-state index in [1.165, 1.54) is 0 Å². The van der Waals surface area contributed by atoms with Crippen LogP contribution in [-0.2, 0) is 4.74 Å². The number of esters is 1. The molecule has 0 atom stereocenters. The molecule has 0 unspecified atom stereocenters. The predicted octanol–water partition coefficient (Wildman–Crippen LogP) is 2.64. The van der Waals surface area contributed by atoms with Gasteiger partial charge in [0.1, 0.15) is 17.1 Å². The number of rotatable bonds is 3. The molecule has 0 aliphatic heterocycles. The van der Waals surface area contributed by atoms with E-state index in [0.29, 0.717) is 0 Å². The summed E-state index contributed by atoms with van der Waals surface area (Å²) >= 11 is 0. The molecule has 0 bridgehead atoms. The molecule has 0 fully saturated rings. The first-order valence-electron chi connectivity index (χ1n) is 4.59.